The van der Waals surface area contributed by atoms with E-state index in [0.29, 0.717) is 36.6 Å². The van der Waals surface area contributed by atoms with Crippen molar-refractivity contribution in [3.8, 4) is 11.5 Å². The molecule has 1 rings (SSSR count). The number of methoxy groups -OCH3 is 2. The molecule has 1 amide bonds. The zero-order valence-corrected chi connectivity index (χ0v) is 12.6. The SMILES string of the molecule is CCOC(=O)CCCNC(=O)c1cc(OC)ccc1OC. The molecule has 0 aromatic heterocycles. The Kier molecular flexibility index (Phi) is 7.08. The van der Waals surface area contributed by atoms with E-state index >= 15 is 0 Å². The van der Waals surface area contributed by atoms with Gasteiger partial charge in [0.15, 0.2) is 0 Å². The van der Waals surface area contributed by atoms with Crippen LogP contribution in [0.15, 0.2) is 18.2 Å². The average Bonchev–Trinajstić information content (AvgIpc) is 2.50. The maximum Gasteiger partial charge on any atom is 0.305 e. The second-order valence-corrected chi connectivity index (χ2v) is 4.23. The average molecular weight is 295 g/mol. The zero-order valence-electron chi connectivity index (χ0n) is 12.6. The minimum Gasteiger partial charge on any atom is -0.497 e. The molecule has 0 radical (unpaired) electrons. The van der Waals surface area contributed by atoms with Crippen LogP contribution < -0.4 is 14.8 Å². The van der Waals surface area contributed by atoms with Gasteiger partial charge in [-0.3, -0.25) is 9.59 Å². The monoisotopic (exact) mass is 295 g/mol. The maximum atomic E-state index is 12.1. The molecule has 0 fully saturated rings. The molecule has 0 aliphatic heterocycles. The predicted octanol–water partition coefficient (Wildman–Crippen LogP) is 1.78. The van der Waals surface area contributed by atoms with Crippen molar-refractivity contribution in [3.05, 3.63) is 23.8 Å². The standard InChI is InChI=1S/C15H21NO5/c1-4-21-14(17)6-5-9-16-15(18)12-10-11(19-2)7-8-13(12)20-3/h7-8,10H,4-6,9H2,1-3H3,(H,16,18). The van der Waals surface area contributed by atoms with E-state index in [9.17, 15) is 9.59 Å². The summed E-state index contributed by atoms with van der Waals surface area (Å²) in [5.41, 5.74) is 0.396. The Morgan fingerprint density at radius 2 is 1.95 bits per heavy atom. The normalized spacial score (nSPS) is 9.86. The predicted molar refractivity (Wildman–Crippen MR) is 77.7 cm³/mol. The fourth-order valence-electron chi connectivity index (χ4n) is 1.75. The molecule has 0 spiro atoms. The molecule has 1 aromatic rings. The first kappa shape index (κ1) is 16.8. The molecule has 0 aliphatic carbocycles. The third-order valence-electron chi connectivity index (χ3n) is 2.80. The van der Waals surface area contributed by atoms with E-state index in [-0.39, 0.29) is 18.3 Å². The summed E-state index contributed by atoms with van der Waals surface area (Å²) in [6.45, 7) is 2.51. The molecule has 21 heavy (non-hydrogen) atoms. The van der Waals surface area contributed by atoms with Crippen molar-refractivity contribution in [2.75, 3.05) is 27.4 Å². The van der Waals surface area contributed by atoms with Gasteiger partial charge >= 0.3 is 5.97 Å². The third-order valence-corrected chi connectivity index (χ3v) is 2.80. The van der Waals surface area contributed by atoms with E-state index in [0.717, 1.165) is 0 Å². The number of hydrogen-bond acceptors (Lipinski definition) is 5. The second kappa shape index (κ2) is 8.84. The summed E-state index contributed by atoms with van der Waals surface area (Å²) in [4.78, 5) is 23.3. The van der Waals surface area contributed by atoms with Gasteiger partial charge in [-0.05, 0) is 31.5 Å². The van der Waals surface area contributed by atoms with Crippen LogP contribution in [0, 0.1) is 0 Å². The molecular formula is C15H21NO5. The fraction of sp³-hybridized carbons (Fsp3) is 0.467. The summed E-state index contributed by atoms with van der Waals surface area (Å²) in [5.74, 6) is 0.520. The first-order chi connectivity index (χ1) is 10.1. The largest absolute Gasteiger partial charge is 0.497 e. The molecule has 1 aromatic carbocycles. The van der Waals surface area contributed by atoms with Crippen LogP contribution in [0.2, 0.25) is 0 Å². The van der Waals surface area contributed by atoms with Crippen molar-refractivity contribution in [1.82, 2.24) is 5.32 Å². The van der Waals surface area contributed by atoms with E-state index in [2.05, 4.69) is 5.32 Å². The van der Waals surface area contributed by atoms with Crippen molar-refractivity contribution >= 4 is 11.9 Å². The van der Waals surface area contributed by atoms with Gasteiger partial charge in [0.2, 0.25) is 0 Å². The summed E-state index contributed by atoms with van der Waals surface area (Å²) in [5, 5.41) is 2.74. The number of amides is 1. The van der Waals surface area contributed by atoms with Crippen LogP contribution in [-0.2, 0) is 9.53 Å². The maximum absolute atomic E-state index is 12.1. The van der Waals surface area contributed by atoms with Crippen molar-refractivity contribution in [2.45, 2.75) is 19.8 Å². The van der Waals surface area contributed by atoms with Gasteiger partial charge in [0.05, 0.1) is 26.4 Å². The van der Waals surface area contributed by atoms with Crippen LogP contribution in [0.4, 0.5) is 0 Å². The van der Waals surface area contributed by atoms with Crippen molar-refractivity contribution < 1.29 is 23.8 Å². The molecule has 6 nitrogen and oxygen atoms in total. The summed E-state index contributed by atoms with van der Waals surface area (Å²) < 4.78 is 15.1. The highest BCUT2D eigenvalue weighted by Gasteiger charge is 2.13. The second-order valence-electron chi connectivity index (χ2n) is 4.23. The molecule has 0 saturated heterocycles. The first-order valence-electron chi connectivity index (χ1n) is 6.78. The smallest absolute Gasteiger partial charge is 0.305 e. The van der Waals surface area contributed by atoms with Crippen LogP contribution in [0.3, 0.4) is 0 Å². The van der Waals surface area contributed by atoms with E-state index < -0.39 is 0 Å². The Bertz CT molecular complexity index is 487. The molecule has 0 heterocycles. The van der Waals surface area contributed by atoms with Crippen molar-refractivity contribution in [1.29, 1.82) is 0 Å². The lowest BCUT2D eigenvalue weighted by Crippen LogP contribution is -2.25. The summed E-state index contributed by atoms with van der Waals surface area (Å²) >= 11 is 0. The lowest BCUT2D eigenvalue weighted by molar-refractivity contribution is -0.143. The highest BCUT2D eigenvalue weighted by molar-refractivity contribution is 5.97. The topological polar surface area (TPSA) is 73.9 Å². The van der Waals surface area contributed by atoms with Crippen LogP contribution in [0.1, 0.15) is 30.1 Å². The first-order valence-corrected chi connectivity index (χ1v) is 6.78. The molecule has 0 aliphatic rings. The van der Waals surface area contributed by atoms with Gasteiger partial charge in [-0.25, -0.2) is 0 Å². The summed E-state index contributed by atoms with van der Waals surface area (Å²) in [6, 6.07) is 5.00. The van der Waals surface area contributed by atoms with E-state index in [1.807, 2.05) is 0 Å². The van der Waals surface area contributed by atoms with Gasteiger partial charge in [0, 0.05) is 13.0 Å². The Morgan fingerprint density at radius 1 is 1.19 bits per heavy atom. The molecule has 0 atom stereocenters. The molecular weight excluding hydrogens is 274 g/mol. The van der Waals surface area contributed by atoms with Gasteiger partial charge in [-0.2, -0.15) is 0 Å². The molecule has 0 unspecified atom stereocenters. The summed E-state index contributed by atoms with van der Waals surface area (Å²) in [6.07, 6.45) is 0.806. The summed E-state index contributed by atoms with van der Waals surface area (Å²) in [7, 11) is 3.03. The Balaban J connectivity index is 2.53. The highest BCUT2D eigenvalue weighted by Crippen LogP contribution is 2.23. The zero-order chi connectivity index (χ0) is 15.7. The molecule has 116 valence electrons. The van der Waals surface area contributed by atoms with E-state index in [1.165, 1.54) is 14.2 Å². The van der Waals surface area contributed by atoms with Crippen LogP contribution in [0.25, 0.3) is 0 Å². The van der Waals surface area contributed by atoms with E-state index in [1.54, 1.807) is 25.1 Å². The van der Waals surface area contributed by atoms with Crippen molar-refractivity contribution in [2.24, 2.45) is 0 Å². The minimum atomic E-state index is -0.269. The van der Waals surface area contributed by atoms with Gasteiger partial charge in [-0.15, -0.1) is 0 Å². The lowest BCUT2D eigenvalue weighted by Gasteiger charge is -2.10. The third kappa shape index (κ3) is 5.33. The van der Waals surface area contributed by atoms with Gasteiger partial charge in [0.1, 0.15) is 11.5 Å². The quantitative estimate of drug-likeness (QED) is 0.584. The van der Waals surface area contributed by atoms with Crippen LogP contribution in [0.5, 0.6) is 11.5 Å². The van der Waals surface area contributed by atoms with E-state index in [4.69, 9.17) is 14.2 Å². The Labute approximate surface area is 124 Å². The number of ether oxygens (including phenoxy) is 3. The molecule has 0 bridgehead atoms. The number of carbonyl (C=O) groups is 2. The number of esters is 1. The number of nitrogens with one attached hydrogen (secondary N) is 1. The van der Waals surface area contributed by atoms with Crippen LogP contribution in [-0.4, -0.2) is 39.2 Å². The number of hydrogen-bond donors (Lipinski definition) is 1. The highest BCUT2D eigenvalue weighted by atomic mass is 16.5. The Morgan fingerprint density at radius 3 is 2.57 bits per heavy atom. The molecule has 1 N–H and O–H groups in total. The fourth-order valence-corrected chi connectivity index (χ4v) is 1.75. The van der Waals surface area contributed by atoms with Gasteiger partial charge in [0.25, 0.3) is 5.91 Å². The van der Waals surface area contributed by atoms with Crippen LogP contribution >= 0.6 is 0 Å². The number of benzene rings is 1. The van der Waals surface area contributed by atoms with Gasteiger partial charge in [-0.1, -0.05) is 0 Å². The number of carbonyl (C=O) groups excluding carboxylic acids is 2. The molecule has 0 saturated carbocycles. The molecule has 6 heteroatoms. The number of rotatable bonds is 8. The lowest BCUT2D eigenvalue weighted by atomic mass is 10.1. The minimum absolute atomic E-state index is 0.259. The van der Waals surface area contributed by atoms with Crippen molar-refractivity contribution in [3.63, 3.8) is 0 Å². The van der Waals surface area contributed by atoms with Gasteiger partial charge < -0.3 is 19.5 Å². The Hall–Kier alpha value is -2.24.